The zero-order valence-corrected chi connectivity index (χ0v) is 15.9. The summed E-state index contributed by atoms with van der Waals surface area (Å²) in [6, 6.07) is 6.16. The molecule has 1 atom stereocenters. The summed E-state index contributed by atoms with van der Waals surface area (Å²) in [5.74, 6) is -1.74. The Balaban J connectivity index is 2.19. The lowest BCUT2D eigenvalue weighted by molar-refractivity contribution is -0.304. The van der Waals surface area contributed by atoms with Gasteiger partial charge in [0.2, 0.25) is 5.91 Å². The van der Waals surface area contributed by atoms with Gasteiger partial charge < -0.3 is 25.1 Å². The molecule has 140 valence electrons. The predicted molar refractivity (Wildman–Crippen MR) is 100 cm³/mol. The summed E-state index contributed by atoms with van der Waals surface area (Å²) in [6.07, 6.45) is 2.26. The average Bonchev–Trinajstić information content (AvgIpc) is 2.92. The van der Waals surface area contributed by atoms with E-state index in [0.29, 0.717) is 22.9 Å². The number of aryl methyl sites for hydroxylation is 1. The van der Waals surface area contributed by atoms with Crippen LogP contribution in [0.25, 0.3) is 10.9 Å². The van der Waals surface area contributed by atoms with Crippen molar-refractivity contribution in [3.8, 4) is 0 Å². The Bertz CT molecular complexity index is 837. The van der Waals surface area contributed by atoms with E-state index in [1.165, 1.54) is 11.8 Å². The van der Waals surface area contributed by atoms with Crippen LogP contribution in [0.3, 0.4) is 0 Å². The van der Waals surface area contributed by atoms with Crippen LogP contribution in [0.1, 0.15) is 16.9 Å². The van der Waals surface area contributed by atoms with E-state index in [4.69, 9.17) is 11.6 Å². The molecular formula is C17H19ClN3O4S-. The van der Waals surface area contributed by atoms with Crippen molar-refractivity contribution in [3.63, 3.8) is 0 Å². The predicted octanol–water partition coefficient (Wildman–Crippen LogP) is 0.549. The van der Waals surface area contributed by atoms with Gasteiger partial charge in [-0.3, -0.25) is 9.59 Å². The molecule has 1 aromatic carbocycles. The molecular weight excluding hydrogens is 378 g/mol. The maximum absolute atomic E-state index is 12.7. The Morgan fingerprint density at radius 1 is 1.31 bits per heavy atom. The van der Waals surface area contributed by atoms with Crippen molar-refractivity contribution < 1.29 is 19.5 Å². The summed E-state index contributed by atoms with van der Waals surface area (Å²) in [5, 5.41) is 16.8. The fourth-order valence-electron chi connectivity index (χ4n) is 2.56. The van der Waals surface area contributed by atoms with Gasteiger partial charge in [-0.25, -0.2) is 0 Å². The number of amides is 2. The van der Waals surface area contributed by atoms with Crippen LogP contribution in [0.5, 0.6) is 0 Å². The number of thioether (sulfide) groups is 1. The highest BCUT2D eigenvalue weighted by molar-refractivity contribution is 7.98. The molecule has 0 spiro atoms. The minimum atomic E-state index is -1.39. The van der Waals surface area contributed by atoms with Crippen LogP contribution in [-0.2, 0) is 16.6 Å². The van der Waals surface area contributed by atoms with Crippen LogP contribution in [0.15, 0.2) is 24.3 Å². The molecule has 0 bridgehead atoms. The van der Waals surface area contributed by atoms with Crippen molar-refractivity contribution in [1.29, 1.82) is 0 Å². The third-order valence-electron chi connectivity index (χ3n) is 3.88. The molecule has 0 saturated heterocycles. The number of aliphatic carboxylic acids is 1. The second kappa shape index (κ2) is 8.95. The minimum absolute atomic E-state index is 0.377. The van der Waals surface area contributed by atoms with E-state index < -0.39 is 30.4 Å². The lowest BCUT2D eigenvalue weighted by Crippen LogP contribution is -2.49. The van der Waals surface area contributed by atoms with Crippen LogP contribution in [0, 0.1) is 0 Å². The Labute approximate surface area is 160 Å². The van der Waals surface area contributed by atoms with Crippen LogP contribution in [0.4, 0.5) is 0 Å². The normalized spacial score (nSPS) is 12.0. The van der Waals surface area contributed by atoms with E-state index in [2.05, 4.69) is 10.6 Å². The number of carboxylic acid groups (broad SMARTS) is 1. The SMILES string of the molecule is CSCC[C@H](NC(=O)c1cc2cc(Cl)ccc2n1C)C(=O)NCC(=O)[O-]. The number of nitrogens with one attached hydrogen (secondary N) is 2. The fourth-order valence-corrected chi connectivity index (χ4v) is 3.21. The lowest BCUT2D eigenvalue weighted by Gasteiger charge is -2.18. The molecule has 2 rings (SSSR count). The van der Waals surface area contributed by atoms with Crippen molar-refractivity contribution in [2.75, 3.05) is 18.6 Å². The van der Waals surface area contributed by atoms with Crippen LogP contribution >= 0.6 is 23.4 Å². The molecule has 1 aromatic heterocycles. The summed E-state index contributed by atoms with van der Waals surface area (Å²) in [4.78, 5) is 35.4. The second-order valence-electron chi connectivity index (χ2n) is 5.69. The van der Waals surface area contributed by atoms with E-state index in [9.17, 15) is 19.5 Å². The molecule has 1 heterocycles. The number of hydrogen-bond acceptors (Lipinski definition) is 5. The lowest BCUT2D eigenvalue weighted by atomic mass is 10.2. The number of carboxylic acids is 1. The molecule has 2 N–H and O–H groups in total. The molecule has 0 aliphatic carbocycles. The van der Waals surface area contributed by atoms with Gasteiger partial charge in [0, 0.05) is 23.0 Å². The highest BCUT2D eigenvalue weighted by atomic mass is 35.5. The zero-order chi connectivity index (χ0) is 19.3. The van der Waals surface area contributed by atoms with Gasteiger partial charge in [-0.15, -0.1) is 0 Å². The van der Waals surface area contributed by atoms with Gasteiger partial charge in [0.05, 0.1) is 12.5 Å². The largest absolute Gasteiger partial charge is 0.548 e. The van der Waals surface area contributed by atoms with Gasteiger partial charge in [0.25, 0.3) is 5.91 Å². The van der Waals surface area contributed by atoms with Gasteiger partial charge in [0.15, 0.2) is 0 Å². The highest BCUT2D eigenvalue weighted by Crippen LogP contribution is 2.22. The molecule has 0 unspecified atom stereocenters. The fraction of sp³-hybridized carbons (Fsp3) is 0.353. The summed E-state index contributed by atoms with van der Waals surface area (Å²) in [6.45, 7) is -0.600. The minimum Gasteiger partial charge on any atom is -0.548 e. The molecule has 2 aromatic rings. The number of rotatable bonds is 8. The quantitative estimate of drug-likeness (QED) is 0.678. The van der Waals surface area contributed by atoms with Crippen molar-refractivity contribution in [2.45, 2.75) is 12.5 Å². The van der Waals surface area contributed by atoms with Gasteiger partial charge >= 0.3 is 0 Å². The maximum Gasteiger partial charge on any atom is 0.268 e. The number of carbonyl (C=O) groups excluding carboxylic acids is 3. The van der Waals surface area contributed by atoms with Crippen molar-refractivity contribution in [1.82, 2.24) is 15.2 Å². The summed E-state index contributed by atoms with van der Waals surface area (Å²) >= 11 is 7.51. The van der Waals surface area contributed by atoms with Gasteiger partial charge in [-0.05, 0) is 42.7 Å². The highest BCUT2D eigenvalue weighted by Gasteiger charge is 2.22. The van der Waals surface area contributed by atoms with Gasteiger partial charge in [-0.1, -0.05) is 11.6 Å². The first kappa shape index (κ1) is 20.1. The molecule has 0 radical (unpaired) electrons. The van der Waals surface area contributed by atoms with E-state index in [1.807, 2.05) is 12.3 Å². The Morgan fingerprint density at radius 3 is 2.69 bits per heavy atom. The van der Waals surface area contributed by atoms with Crippen LogP contribution in [-0.4, -0.2) is 46.9 Å². The van der Waals surface area contributed by atoms with Crippen LogP contribution < -0.4 is 15.7 Å². The van der Waals surface area contributed by atoms with E-state index in [0.717, 1.165) is 10.9 Å². The van der Waals surface area contributed by atoms with Crippen LogP contribution in [0.2, 0.25) is 5.02 Å². The molecule has 2 amide bonds. The monoisotopic (exact) mass is 396 g/mol. The van der Waals surface area contributed by atoms with Crippen molar-refractivity contribution in [2.24, 2.45) is 7.05 Å². The Morgan fingerprint density at radius 2 is 2.04 bits per heavy atom. The topological polar surface area (TPSA) is 103 Å². The Hall–Kier alpha value is -2.19. The summed E-state index contributed by atoms with van der Waals surface area (Å²) in [5.41, 5.74) is 1.21. The first-order chi connectivity index (χ1) is 12.3. The van der Waals surface area contributed by atoms with Crippen molar-refractivity contribution in [3.05, 3.63) is 35.0 Å². The molecule has 26 heavy (non-hydrogen) atoms. The smallest absolute Gasteiger partial charge is 0.268 e. The molecule has 0 fully saturated rings. The first-order valence-corrected chi connectivity index (χ1v) is 9.63. The number of halogens is 1. The number of fused-ring (bicyclic) bond motifs is 1. The third-order valence-corrected chi connectivity index (χ3v) is 4.76. The van der Waals surface area contributed by atoms with Gasteiger partial charge in [0.1, 0.15) is 11.7 Å². The number of aromatic nitrogens is 1. The third kappa shape index (κ3) is 4.92. The maximum atomic E-state index is 12.7. The zero-order valence-electron chi connectivity index (χ0n) is 14.4. The second-order valence-corrected chi connectivity index (χ2v) is 7.11. The Kier molecular flexibility index (Phi) is 6.93. The number of benzene rings is 1. The number of hydrogen-bond donors (Lipinski definition) is 2. The molecule has 7 nitrogen and oxygen atoms in total. The number of nitrogens with zero attached hydrogens (tertiary/aromatic N) is 1. The average molecular weight is 397 g/mol. The standard InChI is InChI=1S/C17H20ClN3O4S/c1-21-13-4-3-11(18)7-10(13)8-14(21)17(25)20-12(5-6-26-2)16(24)19-9-15(22)23/h3-4,7-8,12H,5-6,9H2,1-2H3,(H,19,24)(H,20,25)(H,22,23)/p-1/t12-/m0/s1. The number of carbonyl (C=O) groups is 3. The first-order valence-electron chi connectivity index (χ1n) is 7.85. The molecule has 0 saturated carbocycles. The van der Waals surface area contributed by atoms with E-state index in [1.54, 1.807) is 29.8 Å². The molecule has 9 heteroatoms. The van der Waals surface area contributed by atoms with Crippen molar-refractivity contribution >= 4 is 52.0 Å². The summed E-state index contributed by atoms with van der Waals surface area (Å²) < 4.78 is 1.71. The summed E-state index contributed by atoms with van der Waals surface area (Å²) in [7, 11) is 1.75. The van der Waals surface area contributed by atoms with Gasteiger partial charge in [-0.2, -0.15) is 11.8 Å². The molecule has 0 aliphatic rings. The van der Waals surface area contributed by atoms with E-state index >= 15 is 0 Å². The van der Waals surface area contributed by atoms with E-state index in [-0.39, 0.29) is 0 Å². The molecule has 0 aliphatic heterocycles.